The molecule has 2 atom stereocenters. The highest BCUT2D eigenvalue weighted by Gasteiger charge is 2.29. The van der Waals surface area contributed by atoms with Gasteiger partial charge in [0.25, 0.3) is 11.5 Å². The summed E-state index contributed by atoms with van der Waals surface area (Å²) >= 11 is 0. The molecule has 0 aliphatic heterocycles. The van der Waals surface area contributed by atoms with Crippen molar-refractivity contribution in [2.24, 2.45) is 7.05 Å². The molecule has 4 rings (SSSR count). The third-order valence-electron chi connectivity index (χ3n) is 6.70. The van der Waals surface area contributed by atoms with Crippen molar-refractivity contribution in [2.75, 3.05) is 11.4 Å². The van der Waals surface area contributed by atoms with E-state index in [0.29, 0.717) is 23.3 Å². The minimum Gasteiger partial charge on any atom is -0.353 e. The summed E-state index contributed by atoms with van der Waals surface area (Å²) in [5, 5.41) is 3.63. The predicted octanol–water partition coefficient (Wildman–Crippen LogP) is 3.90. The Hall–Kier alpha value is -3.59. The van der Waals surface area contributed by atoms with E-state index in [-0.39, 0.29) is 23.6 Å². The zero-order chi connectivity index (χ0) is 23.7. The minimum absolute atomic E-state index is 0.0360. The highest BCUT2D eigenvalue weighted by molar-refractivity contribution is 5.94. The number of amides is 1. The number of fused-ring (bicyclic) bond motifs is 2. The molecule has 6 nitrogen and oxygen atoms in total. The highest BCUT2D eigenvalue weighted by Crippen LogP contribution is 2.39. The maximum Gasteiger partial charge on any atom is 0.261 e. The number of anilines is 1. The summed E-state index contributed by atoms with van der Waals surface area (Å²) < 4.78 is 1.58. The average molecular weight is 443 g/mol. The summed E-state index contributed by atoms with van der Waals surface area (Å²) in [7, 11) is 1.75. The van der Waals surface area contributed by atoms with E-state index in [4.69, 9.17) is 6.42 Å². The van der Waals surface area contributed by atoms with Gasteiger partial charge < -0.3 is 10.2 Å². The first kappa shape index (κ1) is 22.6. The van der Waals surface area contributed by atoms with Crippen LogP contribution in [0.15, 0.2) is 41.2 Å². The fraction of sp³-hybridized carbons (Fsp3) is 0.370. The van der Waals surface area contributed by atoms with Crippen molar-refractivity contribution in [1.29, 1.82) is 0 Å². The van der Waals surface area contributed by atoms with Crippen LogP contribution in [0, 0.1) is 19.3 Å². The largest absolute Gasteiger partial charge is 0.353 e. The van der Waals surface area contributed by atoms with E-state index in [9.17, 15) is 9.59 Å². The fourth-order valence-electron chi connectivity index (χ4n) is 4.48. The third-order valence-corrected chi connectivity index (χ3v) is 6.70. The molecule has 0 saturated carbocycles. The standard InChI is InChI=1S/C27H30N4O2/c1-6-14-31(21-11-8-19(9-12-21)26(32)28-17(3)7-2)25-13-10-20-15-24-23(16-22(20)25)27(33)30(5)18(4)29-24/h1,8-9,11-12,15-17,25H,7,10,13-14H2,2-5H3,(H,28,32). The van der Waals surface area contributed by atoms with E-state index in [1.165, 1.54) is 5.56 Å². The van der Waals surface area contributed by atoms with Crippen LogP contribution in [0.25, 0.3) is 10.9 Å². The maximum absolute atomic E-state index is 12.9. The van der Waals surface area contributed by atoms with Gasteiger partial charge in [0.2, 0.25) is 0 Å². The van der Waals surface area contributed by atoms with Crippen LogP contribution in [0.2, 0.25) is 0 Å². The molecule has 0 bridgehead atoms. The second-order valence-electron chi connectivity index (χ2n) is 8.81. The molecule has 1 amide bonds. The van der Waals surface area contributed by atoms with Gasteiger partial charge in [-0.3, -0.25) is 14.2 Å². The Balaban J connectivity index is 1.69. The number of rotatable bonds is 6. The molecule has 1 aliphatic rings. The third kappa shape index (κ3) is 4.23. The quantitative estimate of drug-likeness (QED) is 0.588. The summed E-state index contributed by atoms with van der Waals surface area (Å²) in [5.74, 6) is 3.41. The van der Waals surface area contributed by atoms with Crippen LogP contribution in [-0.4, -0.2) is 28.0 Å². The Kier molecular flexibility index (Phi) is 6.24. The Bertz CT molecular complexity index is 1300. The lowest BCUT2D eigenvalue weighted by atomic mass is 10.0. The van der Waals surface area contributed by atoms with Gasteiger partial charge in [-0.1, -0.05) is 12.8 Å². The van der Waals surface area contributed by atoms with Crippen molar-refractivity contribution >= 4 is 22.5 Å². The molecule has 33 heavy (non-hydrogen) atoms. The molecule has 1 N–H and O–H groups in total. The molecule has 0 spiro atoms. The molecule has 0 radical (unpaired) electrons. The first-order valence-electron chi connectivity index (χ1n) is 11.4. The van der Waals surface area contributed by atoms with E-state index < -0.39 is 0 Å². The van der Waals surface area contributed by atoms with Crippen molar-refractivity contribution in [3.63, 3.8) is 0 Å². The summed E-state index contributed by atoms with van der Waals surface area (Å²) in [6.07, 6.45) is 8.43. The molecular formula is C27H30N4O2. The molecule has 170 valence electrons. The first-order valence-corrected chi connectivity index (χ1v) is 11.4. The maximum atomic E-state index is 12.9. The van der Waals surface area contributed by atoms with Gasteiger partial charge in [0, 0.05) is 24.3 Å². The smallest absolute Gasteiger partial charge is 0.261 e. The van der Waals surface area contributed by atoms with Gasteiger partial charge in [-0.15, -0.1) is 6.42 Å². The number of hydrogen-bond donors (Lipinski definition) is 1. The van der Waals surface area contributed by atoms with Crippen LogP contribution in [-0.2, 0) is 13.5 Å². The number of nitrogens with one attached hydrogen (secondary N) is 1. The predicted molar refractivity (Wildman–Crippen MR) is 133 cm³/mol. The first-order chi connectivity index (χ1) is 15.8. The van der Waals surface area contributed by atoms with Crippen LogP contribution in [0.4, 0.5) is 5.69 Å². The molecule has 0 fully saturated rings. The van der Waals surface area contributed by atoms with Crippen LogP contribution < -0.4 is 15.8 Å². The van der Waals surface area contributed by atoms with Gasteiger partial charge in [0.1, 0.15) is 5.82 Å². The molecule has 6 heteroatoms. The zero-order valence-corrected chi connectivity index (χ0v) is 19.7. The highest BCUT2D eigenvalue weighted by atomic mass is 16.1. The number of carbonyl (C=O) groups is 1. The van der Waals surface area contributed by atoms with Crippen molar-refractivity contribution in [1.82, 2.24) is 14.9 Å². The normalized spacial score (nSPS) is 15.7. The zero-order valence-electron chi connectivity index (χ0n) is 19.7. The lowest BCUT2D eigenvalue weighted by Crippen LogP contribution is -2.32. The topological polar surface area (TPSA) is 67.2 Å². The van der Waals surface area contributed by atoms with E-state index in [1.54, 1.807) is 11.6 Å². The summed E-state index contributed by atoms with van der Waals surface area (Å²) in [6, 6.07) is 11.8. The lowest BCUT2D eigenvalue weighted by Gasteiger charge is -2.30. The second-order valence-corrected chi connectivity index (χ2v) is 8.81. The Morgan fingerprint density at radius 1 is 1.33 bits per heavy atom. The van der Waals surface area contributed by atoms with E-state index in [1.807, 2.05) is 51.1 Å². The van der Waals surface area contributed by atoms with Gasteiger partial charge in [0.15, 0.2) is 0 Å². The fourth-order valence-corrected chi connectivity index (χ4v) is 4.48. The van der Waals surface area contributed by atoms with Gasteiger partial charge in [0.05, 0.1) is 23.5 Å². The van der Waals surface area contributed by atoms with Crippen LogP contribution in [0.3, 0.4) is 0 Å². The molecule has 3 aromatic rings. The number of nitrogens with zero attached hydrogens (tertiary/aromatic N) is 3. The minimum atomic E-state index is -0.0734. The van der Waals surface area contributed by atoms with E-state index in [0.717, 1.165) is 36.0 Å². The number of aryl methyl sites for hydroxylation is 2. The van der Waals surface area contributed by atoms with E-state index in [2.05, 4.69) is 27.2 Å². The molecule has 1 aliphatic carbocycles. The summed E-state index contributed by atoms with van der Waals surface area (Å²) in [6.45, 7) is 6.32. The van der Waals surface area contributed by atoms with Gasteiger partial charge >= 0.3 is 0 Å². The molecule has 2 aromatic carbocycles. The number of hydrogen-bond acceptors (Lipinski definition) is 4. The Labute approximate surface area is 194 Å². The number of carbonyl (C=O) groups excluding carboxylic acids is 1. The van der Waals surface area contributed by atoms with Crippen molar-refractivity contribution in [3.8, 4) is 12.3 Å². The van der Waals surface area contributed by atoms with Crippen molar-refractivity contribution < 1.29 is 4.79 Å². The number of benzene rings is 2. The second kappa shape index (κ2) is 9.11. The Morgan fingerprint density at radius 2 is 2.06 bits per heavy atom. The van der Waals surface area contributed by atoms with Gasteiger partial charge in [-0.05, 0) is 80.6 Å². The molecule has 1 aromatic heterocycles. The summed E-state index contributed by atoms with van der Waals surface area (Å²) in [5.41, 5.74) is 4.63. The van der Waals surface area contributed by atoms with Crippen LogP contribution in [0.5, 0.6) is 0 Å². The lowest BCUT2D eigenvalue weighted by molar-refractivity contribution is 0.0939. The molecule has 0 saturated heterocycles. The SMILES string of the molecule is C#CCN(c1ccc(C(=O)NC(C)CC)cc1)C1CCc2cc3nc(C)n(C)c(=O)c3cc21. The van der Waals surface area contributed by atoms with Gasteiger partial charge in [-0.2, -0.15) is 0 Å². The monoisotopic (exact) mass is 442 g/mol. The van der Waals surface area contributed by atoms with Crippen LogP contribution in [0.1, 0.15) is 60.0 Å². The Morgan fingerprint density at radius 3 is 2.73 bits per heavy atom. The van der Waals surface area contributed by atoms with Gasteiger partial charge in [-0.25, -0.2) is 4.98 Å². The molecule has 2 unspecified atom stereocenters. The van der Waals surface area contributed by atoms with Crippen molar-refractivity contribution in [3.05, 3.63) is 69.3 Å². The number of aromatic nitrogens is 2. The average Bonchev–Trinajstić information content (AvgIpc) is 3.22. The molecule has 1 heterocycles. The number of terminal acetylenes is 1. The summed E-state index contributed by atoms with van der Waals surface area (Å²) in [4.78, 5) is 32.1. The molecular weight excluding hydrogens is 412 g/mol. The van der Waals surface area contributed by atoms with Crippen LogP contribution >= 0.6 is 0 Å². The van der Waals surface area contributed by atoms with Crippen molar-refractivity contribution in [2.45, 2.75) is 52.1 Å². The van der Waals surface area contributed by atoms with E-state index >= 15 is 0 Å².